The van der Waals surface area contributed by atoms with Crippen molar-refractivity contribution in [2.24, 2.45) is 4.99 Å². The topological polar surface area (TPSA) is 35.8 Å². The first-order valence-corrected chi connectivity index (χ1v) is 5.18. The van der Waals surface area contributed by atoms with E-state index in [1.165, 1.54) is 5.06 Å². The average molecular weight is 188 g/mol. The molecule has 0 bridgehead atoms. The molecule has 0 aromatic rings. The lowest BCUT2D eigenvalue weighted by Gasteiger charge is -2.33. The second-order valence-corrected chi connectivity index (χ2v) is 4.78. The first-order valence-electron chi connectivity index (χ1n) is 3.96. The van der Waals surface area contributed by atoms with Crippen molar-refractivity contribution >= 4 is 16.8 Å². The highest BCUT2D eigenvalue weighted by Gasteiger charge is 2.46. The lowest BCUT2D eigenvalue weighted by molar-refractivity contribution is -0.187. The van der Waals surface area contributed by atoms with E-state index >= 15 is 0 Å². The Morgan fingerprint density at radius 3 is 2.00 bits per heavy atom. The molecule has 1 aliphatic rings. The van der Waals surface area contributed by atoms with E-state index in [1.807, 2.05) is 34.0 Å². The maximum absolute atomic E-state index is 9.79. The van der Waals surface area contributed by atoms with Crippen molar-refractivity contribution < 1.29 is 5.21 Å². The predicted octanol–water partition coefficient (Wildman–Crippen LogP) is 1.97. The van der Waals surface area contributed by atoms with Gasteiger partial charge in [-0.3, -0.25) is 4.99 Å². The van der Waals surface area contributed by atoms with Crippen molar-refractivity contribution in [3.63, 3.8) is 0 Å². The van der Waals surface area contributed by atoms with Gasteiger partial charge in [0.2, 0.25) is 0 Å². The molecule has 70 valence electrons. The molecule has 1 heterocycles. The summed E-state index contributed by atoms with van der Waals surface area (Å²) in [7, 11) is 0. The van der Waals surface area contributed by atoms with Crippen LogP contribution < -0.4 is 0 Å². The molecule has 0 spiro atoms. The number of hydroxylamine groups is 2. The van der Waals surface area contributed by atoms with E-state index in [9.17, 15) is 5.21 Å². The van der Waals surface area contributed by atoms with Crippen LogP contribution in [0, 0.1) is 0 Å². The minimum Gasteiger partial charge on any atom is -0.311 e. The minimum atomic E-state index is -0.484. The van der Waals surface area contributed by atoms with Gasteiger partial charge in [-0.15, -0.1) is 11.8 Å². The van der Waals surface area contributed by atoms with Crippen molar-refractivity contribution in [3.05, 3.63) is 0 Å². The number of aliphatic imine (C=N–C) groups is 1. The van der Waals surface area contributed by atoms with E-state index in [-0.39, 0.29) is 5.54 Å². The predicted molar refractivity (Wildman–Crippen MR) is 52.7 cm³/mol. The molecule has 0 unspecified atom stereocenters. The van der Waals surface area contributed by atoms with Gasteiger partial charge < -0.3 is 5.21 Å². The first kappa shape index (κ1) is 10.0. The molecule has 0 fully saturated rings. The van der Waals surface area contributed by atoms with Crippen LogP contribution in [0.25, 0.3) is 0 Å². The molecule has 0 aromatic heterocycles. The third kappa shape index (κ3) is 1.28. The number of hydrogen-bond acceptors (Lipinski definition) is 4. The summed E-state index contributed by atoms with van der Waals surface area (Å²) in [6.07, 6.45) is 1.98. The molecule has 3 nitrogen and oxygen atoms in total. The Kier molecular flexibility index (Phi) is 2.27. The Balaban J connectivity index is 3.03. The smallest absolute Gasteiger partial charge is 0.131 e. The molecule has 0 saturated carbocycles. The Labute approximate surface area is 77.8 Å². The summed E-state index contributed by atoms with van der Waals surface area (Å²) >= 11 is 1.59. The van der Waals surface area contributed by atoms with Gasteiger partial charge >= 0.3 is 0 Å². The fourth-order valence-electron chi connectivity index (χ4n) is 1.50. The lowest BCUT2D eigenvalue weighted by atomic mass is 10.1. The molecule has 0 aromatic carbocycles. The summed E-state index contributed by atoms with van der Waals surface area (Å²) < 4.78 is 0. The third-order valence-electron chi connectivity index (χ3n) is 2.14. The summed E-state index contributed by atoms with van der Waals surface area (Å²) in [5.74, 6) is 0. The molecular weight excluding hydrogens is 172 g/mol. The summed E-state index contributed by atoms with van der Waals surface area (Å²) in [6, 6.07) is 0. The monoisotopic (exact) mass is 188 g/mol. The van der Waals surface area contributed by atoms with Gasteiger partial charge in [0, 0.05) is 0 Å². The zero-order chi connectivity index (χ0) is 9.57. The van der Waals surface area contributed by atoms with Crippen molar-refractivity contribution in [2.75, 3.05) is 6.26 Å². The largest absolute Gasteiger partial charge is 0.311 e. The second-order valence-electron chi connectivity index (χ2n) is 3.99. The number of nitrogens with zero attached hydrogens (tertiary/aromatic N) is 2. The van der Waals surface area contributed by atoms with E-state index in [2.05, 4.69) is 4.99 Å². The molecule has 1 N–H and O–H groups in total. The van der Waals surface area contributed by atoms with E-state index in [0.29, 0.717) is 0 Å². The second kappa shape index (κ2) is 2.72. The molecule has 0 saturated heterocycles. The summed E-state index contributed by atoms with van der Waals surface area (Å²) in [5, 5.41) is 12.1. The Hall–Kier alpha value is -0.0600. The molecule has 0 amide bonds. The van der Waals surface area contributed by atoms with Crippen molar-refractivity contribution in [1.29, 1.82) is 0 Å². The van der Waals surface area contributed by atoms with Gasteiger partial charge in [0.25, 0.3) is 0 Å². The van der Waals surface area contributed by atoms with Crippen LogP contribution >= 0.6 is 11.8 Å². The van der Waals surface area contributed by atoms with Gasteiger partial charge in [-0.05, 0) is 34.0 Å². The summed E-state index contributed by atoms with van der Waals surface area (Å²) in [6.45, 7) is 7.74. The fraction of sp³-hybridized carbons (Fsp3) is 0.875. The summed E-state index contributed by atoms with van der Waals surface area (Å²) in [4.78, 5) is 4.43. The molecule has 1 aliphatic heterocycles. The lowest BCUT2D eigenvalue weighted by Crippen LogP contribution is -2.49. The van der Waals surface area contributed by atoms with Crippen molar-refractivity contribution in [2.45, 2.75) is 38.9 Å². The van der Waals surface area contributed by atoms with Gasteiger partial charge in [-0.2, -0.15) is 5.06 Å². The van der Waals surface area contributed by atoms with Crippen LogP contribution in [-0.4, -0.2) is 32.8 Å². The number of thioether (sulfide) groups is 1. The maximum Gasteiger partial charge on any atom is 0.131 e. The first-order chi connectivity index (χ1) is 5.32. The molecular formula is C8H16N2OS. The maximum atomic E-state index is 9.79. The van der Waals surface area contributed by atoms with Crippen LogP contribution in [0.5, 0.6) is 0 Å². The minimum absolute atomic E-state index is 0.344. The van der Waals surface area contributed by atoms with E-state index < -0.39 is 5.66 Å². The van der Waals surface area contributed by atoms with Crippen LogP contribution in [0.15, 0.2) is 4.99 Å². The average Bonchev–Trinajstić information content (AvgIpc) is 2.11. The van der Waals surface area contributed by atoms with Gasteiger partial charge in [0.1, 0.15) is 5.66 Å². The molecule has 0 atom stereocenters. The zero-order valence-corrected chi connectivity index (χ0v) is 9.07. The normalized spacial score (nSPS) is 27.3. The van der Waals surface area contributed by atoms with Gasteiger partial charge in [-0.25, -0.2) is 0 Å². The molecule has 1 rings (SSSR count). The number of rotatable bonds is 0. The van der Waals surface area contributed by atoms with E-state index in [4.69, 9.17) is 0 Å². The molecule has 0 aliphatic carbocycles. The van der Waals surface area contributed by atoms with Crippen LogP contribution in [0.2, 0.25) is 0 Å². The highest BCUT2D eigenvalue weighted by molar-refractivity contribution is 8.13. The van der Waals surface area contributed by atoms with Crippen LogP contribution in [0.4, 0.5) is 0 Å². The van der Waals surface area contributed by atoms with Gasteiger partial charge in [0.05, 0.1) is 10.6 Å². The van der Waals surface area contributed by atoms with Gasteiger partial charge in [0.15, 0.2) is 0 Å². The van der Waals surface area contributed by atoms with Crippen molar-refractivity contribution in [1.82, 2.24) is 5.06 Å². The van der Waals surface area contributed by atoms with E-state index in [0.717, 1.165) is 5.04 Å². The van der Waals surface area contributed by atoms with Crippen molar-refractivity contribution in [3.8, 4) is 0 Å². The SMILES string of the molecule is CSC1=NC(C)(C)N(O)C1(C)C. The molecule has 0 radical (unpaired) electrons. The Morgan fingerprint density at radius 2 is 1.83 bits per heavy atom. The van der Waals surface area contributed by atoms with Crippen LogP contribution in [0.1, 0.15) is 27.7 Å². The number of hydrogen-bond donors (Lipinski definition) is 1. The standard InChI is InChI=1S/C8H16N2OS/c1-7(2)6(12-5)9-8(3,4)10(7)11/h11H,1-5H3. The highest BCUT2D eigenvalue weighted by Crippen LogP contribution is 2.36. The zero-order valence-electron chi connectivity index (χ0n) is 8.25. The molecule has 4 heteroatoms. The Bertz CT molecular complexity index is 223. The highest BCUT2D eigenvalue weighted by atomic mass is 32.2. The van der Waals surface area contributed by atoms with Crippen LogP contribution in [0.3, 0.4) is 0 Å². The van der Waals surface area contributed by atoms with Gasteiger partial charge in [-0.1, -0.05) is 0 Å². The Morgan fingerprint density at radius 1 is 1.33 bits per heavy atom. The fourth-order valence-corrected chi connectivity index (χ4v) is 2.40. The molecule has 12 heavy (non-hydrogen) atoms. The van der Waals surface area contributed by atoms with Crippen LogP contribution in [-0.2, 0) is 0 Å². The summed E-state index contributed by atoms with van der Waals surface area (Å²) in [5.41, 5.74) is -0.829. The quantitative estimate of drug-likeness (QED) is 0.631. The van der Waals surface area contributed by atoms with E-state index in [1.54, 1.807) is 11.8 Å². The third-order valence-corrected chi connectivity index (χ3v) is 3.12.